The Hall–Kier alpha value is -0.540. The number of ether oxygens (including phenoxy) is 1. The average molecular weight is 296 g/mol. The van der Waals surface area contributed by atoms with Gasteiger partial charge in [0, 0.05) is 36.0 Å². The molecule has 0 saturated carbocycles. The fourth-order valence-electron chi connectivity index (χ4n) is 2.97. The molecule has 3 heteroatoms. The van der Waals surface area contributed by atoms with Crippen molar-refractivity contribution in [2.24, 2.45) is 0 Å². The van der Waals surface area contributed by atoms with Crippen molar-refractivity contribution in [2.75, 3.05) is 24.7 Å². The molecule has 0 spiro atoms. The van der Waals surface area contributed by atoms with Crippen molar-refractivity contribution in [1.29, 1.82) is 0 Å². The zero-order valence-electron chi connectivity index (χ0n) is 9.99. The van der Waals surface area contributed by atoms with Crippen molar-refractivity contribution in [2.45, 2.75) is 31.7 Å². The minimum atomic E-state index is 0.684. The maximum atomic E-state index is 5.46. The van der Waals surface area contributed by atoms with Crippen molar-refractivity contribution in [1.82, 2.24) is 0 Å². The molecule has 0 aromatic heterocycles. The first-order valence-electron chi connectivity index (χ1n) is 6.47. The van der Waals surface area contributed by atoms with Crippen LogP contribution in [0.2, 0.25) is 0 Å². The summed E-state index contributed by atoms with van der Waals surface area (Å²) in [7, 11) is 0. The van der Waals surface area contributed by atoms with Gasteiger partial charge in [-0.2, -0.15) is 0 Å². The van der Waals surface area contributed by atoms with E-state index in [0.717, 1.165) is 13.2 Å². The first-order chi connectivity index (χ1) is 8.34. The maximum Gasteiger partial charge on any atom is 0.0485 e. The number of benzene rings is 1. The lowest BCUT2D eigenvalue weighted by Gasteiger charge is -2.39. The summed E-state index contributed by atoms with van der Waals surface area (Å²) in [6.07, 6.45) is 4.85. The first kappa shape index (κ1) is 11.5. The van der Waals surface area contributed by atoms with E-state index in [4.69, 9.17) is 4.74 Å². The predicted octanol–water partition coefficient (Wildman–Crippen LogP) is 3.38. The van der Waals surface area contributed by atoms with Gasteiger partial charge in [-0.05, 0) is 49.4 Å². The number of nitrogens with zero attached hydrogens (tertiary/aromatic N) is 1. The number of aryl methyl sites for hydroxylation is 1. The molecule has 1 saturated heterocycles. The highest BCUT2D eigenvalue weighted by atomic mass is 79.9. The van der Waals surface area contributed by atoms with Gasteiger partial charge in [0.1, 0.15) is 0 Å². The average Bonchev–Trinajstić information content (AvgIpc) is 2.39. The van der Waals surface area contributed by atoms with Crippen LogP contribution in [0.3, 0.4) is 0 Å². The monoisotopic (exact) mass is 295 g/mol. The lowest BCUT2D eigenvalue weighted by Crippen LogP contribution is -2.42. The number of anilines is 1. The van der Waals surface area contributed by atoms with Gasteiger partial charge in [-0.1, -0.05) is 15.9 Å². The van der Waals surface area contributed by atoms with Crippen molar-refractivity contribution in [3.8, 4) is 0 Å². The van der Waals surface area contributed by atoms with Crippen LogP contribution in [0.15, 0.2) is 22.7 Å². The normalized spacial score (nSPS) is 21.4. The van der Waals surface area contributed by atoms with E-state index in [1.54, 1.807) is 0 Å². The molecule has 0 N–H and O–H groups in total. The molecule has 92 valence electrons. The van der Waals surface area contributed by atoms with E-state index in [1.165, 1.54) is 48.0 Å². The second-order valence-electron chi connectivity index (χ2n) is 4.91. The van der Waals surface area contributed by atoms with Crippen molar-refractivity contribution < 1.29 is 4.74 Å². The summed E-state index contributed by atoms with van der Waals surface area (Å²) >= 11 is 3.57. The second kappa shape index (κ2) is 4.99. The van der Waals surface area contributed by atoms with Gasteiger partial charge in [-0.15, -0.1) is 0 Å². The summed E-state index contributed by atoms with van der Waals surface area (Å²) in [5, 5.41) is 0. The van der Waals surface area contributed by atoms with Crippen LogP contribution in [-0.2, 0) is 11.2 Å². The van der Waals surface area contributed by atoms with Crippen LogP contribution < -0.4 is 4.90 Å². The van der Waals surface area contributed by atoms with Gasteiger partial charge in [0.2, 0.25) is 0 Å². The van der Waals surface area contributed by atoms with Gasteiger partial charge in [0.15, 0.2) is 0 Å². The number of halogens is 1. The zero-order valence-corrected chi connectivity index (χ0v) is 11.6. The summed E-state index contributed by atoms with van der Waals surface area (Å²) in [4.78, 5) is 2.60. The zero-order chi connectivity index (χ0) is 11.7. The van der Waals surface area contributed by atoms with Crippen LogP contribution in [0.1, 0.15) is 24.8 Å². The van der Waals surface area contributed by atoms with E-state index in [9.17, 15) is 0 Å². The molecule has 2 nitrogen and oxygen atoms in total. The van der Waals surface area contributed by atoms with Gasteiger partial charge < -0.3 is 9.64 Å². The maximum absolute atomic E-state index is 5.46. The van der Waals surface area contributed by atoms with E-state index >= 15 is 0 Å². The fourth-order valence-corrected chi connectivity index (χ4v) is 3.38. The molecule has 3 rings (SSSR count). The van der Waals surface area contributed by atoms with Crippen molar-refractivity contribution in [3.05, 3.63) is 28.2 Å². The van der Waals surface area contributed by atoms with Crippen LogP contribution in [0.5, 0.6) is 0 Å². The number of rotatable bonds is 1. The molecule has 0 amide bonds. The Balaban J connectivity index is 1.88. The van der Waals surface area contributed by atoms with Crippen LogP contribution in [0.25, 0.3) is 0 Å². The molecule has 1 fully saturated rings. The lowest BCUT2D eigenvalue weighted by molar-refractivity contribution is 0.0841. The third-order valence-electron chi connectivity index (χ3n) is 3.83. The Kier molecular flexibility index (Phi) is 3.39. The molecule has 1 aromatic rings. The topological polar surface area (TPSA) is 12.5 Å². The molecule has 0 bridgehead atoms. The Morgan fingerprint density at radius 1 is 1.24 bits per heavy atom. The lowest BCUT2D eigenvalue weighted by atomic mass is 9.97. The van der Waals surface area contributed by atoms with Crippen LogP contribution in [0.4, 0.5) is 5.69 Å². The molecule has 2 heterocycles. The molecule has 2 aliphatic heterocycles. The minimum Gasteiger partial charge on any atom is -0.381 e. The summed E-state index contributed by atoms with van der Waals surface area (Å²) < 4.78 is 6.66. The summed E-state index contributed by atoms with van der Waals surface area (Å²) in [6, 6.07) is 7.40. The highest BCUT2D eigenvalue weighted by Crippen LogP contribution is 2.33. The third kappa shape index (κ3) is 2.36. The number of fused-ring (bicyclic) bond motifs is 1. The van der Waals surface area contributed by atoms with Crippen molar-refractivity contribution in [3.63, 3.8) is 0 Å². The standard InChI is InChI=1S/C14H18BrNO/c15-12-3-4-14-11(10-12)2-1-7-16(14)13-5-8-17-9-6-13/h3-4,10,13H,1-2,5-9H2. The van der Waals surface area contributed by atoms with Crippen molar-refractivity contribution >= 4 is 21.6 Å². The molecule has 2 aliphatic rings. The molecule has 0 radical (unpaired) electrons. The molecular weight excluding hydrogens is 278 g/mol. The Bertz CT molecular complexity index is 401. The molecule has 1 aromatic carbocycles. The van der Waals surface area contributed by atoms with Gasteiger partial charge in [0.25, 0.3) is 0 Å². The number of hydrogen-bond donors (Lipinski definition) is 0. The fraction of sp³-hybridized carbons (Fsp3) is 0.571. The highest BCUT2D eigenvalue weighted by Gasteiger charge is 2.25. The Labute approximate surface area is 111 Å². The largest absolute Gasteiger partial charge is 0.381 e. The van der Waals surface area contributed by atoms with E-state index in [1.807, 2.05) is 0 Å². The van der Waals surface area contributed by atoms with Gasteiger partial charge in [0.05, 0.1) is 0 Å². The summed E-state index contributed by atoms with van der Waals surface area (Å²) in [6.45, 7) is 3.05. The van der Waals surface area contributed by atoms with Gasteiger partial charge in [-0.25, -0.2) is 0 Å². The van der Waals surface area contributed by atoms with Crippen LogP contribution in [0, 0.1) is 0 Å². The SMILES string of the molecule is Brc1ccc2c(c1)CCCN2C1CCOCC1. The highest BCUT2D eigenvalue weighted by molar-refractivity contribution is 9.10. The minimum absolute atomic E-state index is 0.684. The van der Waals surface area contributed by atoms with Crippen LogP contribution in [-0.4, -0.2) is 25.8 Å². The summed E-state index contributed by atoms with van der Waals surface area (Å²) in [5.41, 5.74) is 2.95. The smallest absolute Gasteiger partial charge is 0.0485 e. The quantitative estimate of drug-likeness (QED) is 0.787. The third-order valence-corrected chi connectivity index (χ3v) is 4.32. The van der Waals surface area contributed by atoms with E-state index in [2.05, 4.69) is 39.0 Å². The van der Waals surface area contributed by atoms with E-state index in [-0.39, 0.29) is 0 Å². The van der Waals surface area contributed by atoms with Crippen LogP contribution >= 0.6 is 15.9 Å². The Morgan fingerprint density at radius 2 is 2.06 bits per heavy atom. The molecule has 0 unspecified atom stereocenters. The summed E-state index contributed by atoms with van der Waals surface area (Å²) in [5.74, 6) is 0. The predicted molar refractivity (Wildman–Crippen MR) is 73.7 cm³/mol. The molecule has 0 atom stereocenters. The molecule has 17 heavy (non-hydrogen) atoms. The number of hydrogen-bond acceptors (Lipinski definition) is 2. The van der Waals surface area contributed by atoms with E-state index < -0.39 is 0 Å². The molecular formula is C14H18BrNO. The molecule has 0 aliphatic carbocycles. The van der Waals surface area contributed by atoms with E-state index in [0.29, 0.717) is 6.04 Å². The second-order valence-corrected chi connectivity index (χ2v) is 5.83. The van der Waals surface area contributed by atoms with Gasteiger partial charge >= 0.3 is 0 Å². The Morgan fingerprint density at radius 3 is 2.88 bits per heavy atom. The first-order valence-corrected chi connectivity index (χ1v) is 7.27. The van der Waals surface area contributed by atoms with Gasteiger partial charge in [-0.3, -0.25) is 0 Å².